The van der Waals surface area contributed by atoms with E-state index in [0.717, 1.165) is 50.5 Å². The number of halogens is 1. The highest BCUT2D eigenvalue weighted by atomic mass is 35.5. The van der Waals surface area contributed by atoms with Crippen molar-refractivity contribution in [2.75, 3.05) is 42.6 Å². The zero-order valence-corrected chi connectivity index (χ0v) is 13.4. The van der Waals surface area contributed by atoms with Crippen LogP contribution in [0.15, 0.2) is 12.4 Å². The third-order valence-corrected chi connectivity index (χ3v) is 5.19. The van der Waals surface area contributed by atoms with E-state index in [9.17, 15) is 4.79 Å². The molecule has 0 aliphatic carbocycles. The summed E-state index contributed by atoms with van der Waals surface area (Å²) in [6, 6.07) is 0. The van der Waals surface area contributed by atoms with Gasteiger partial charge in [0, 0.05) is 43.6 Å². The van der Waals surface area contributed by atoms with E-state index in [1.807, 2.05) is 16.7 Å². The van der Waals surface area contributed by atoms with Gasteiger partial charge in [0.2, 0.25) is 11.9 Å². The molecule has 2 aliphatic rings. The van der Waals surface area contributed by atoms with Gasteiger partial charge in [0.25, 0.3) is 0 Å². The van der Waals surface area contributed by atoms with Gasteiger partial charge in [-0.15, -0.1) is 0 Å². The molecule has 0 saturated carbocycles. The number of thioether (sulfide) groups is 1. The van der Waals surface area contributed by atoms with Crippen LogP contribution in [0, 0.1) is 5.92 Å². The Morgan fingerprint density at radius 3 is 2.38 bits per heavy atom. The largest absolute Gasteiger partial charge is 0.341 e. The maximum Gasteiger partial charge on any atom is 0.225 e. The van der Waals surface area contributed by atoms with Crippen molar-refractivity contribution in [3.05, 3.63) is 17.4 Å². The molecule has 2 fully saturated rings. The van der Waals surface area contributed by atoms with Crippen LogP contribution >= 0.6 is 23.4 Å². The van der Waals surface area contributed by atoms with Crippen LogP contribution in [0.3, 0.4) is 0 Å². The van der Waals surface area contributed by atoms with E-state index in [2.05, 4.69) is 14.9 Å². The number of carbonyl (C=O) groups is 1. The van der Waals surface area contributed by atoms with Gasteiger partial charge in [-0.05, 0) is 12.8 Å². The lowest BCUT2D eigenvalue weighted by molar-refractivity contribution is -0.135. The van der Waals surface area contributed by atoms with E-state index in [1.165, 1.54) is 0 Å². The van der Waals surface area contributed by atoms with E-state index in [-0.39, 0.29) is 5.92 Å². The monoisotopic (exact) mass is 326 g/mol. The van der Waals surface area contributed by atoms with Crippen molar-refractivity contribution in [1.29, 1.82) is 0 Å². The zero-order valence-electron chi connectivity index (χ0n) is 11.9. The summed E-state index contributed by atoms with van der Waals surface area (Å²) in [5.74, 6) is 3.36. The first-order valence-corrected chi connectivity index (χ1v) is 8.86. The Bertz CT molecular complexity index is 484. The van der Waals surface area contributed by atoms with Gasteiger partial charge >= 0.3 is 0 Å². The predicted molar refractivity (Wildman–Crippen MR) is 85.9 cm³/mol. The van der Waals surface area contributed by atoms with Crippen LogP contribution in [0.1, 0.15) is 12.8 Å². The molecule has 0 atom stereocenters. The quantitative estimate of drug-likeness (QED) is 0.831. The number of hydrogen-bond acceptors (Lipinski definition) is 5. The molecule has 21 heavy (non-hydrogen) atoms. The summed E-state index contributed by atoms with van der Waals surface area (Å²) in [4.78, 5) is 25.2. The van der Waals surface area contributed by atoms with Crippen molar-refractivity contribution >= 4 is 35.2 Å². The minimum absolute atomic E-state index is 0.164. The van der Waals surface area contributed by atoms with Crippen molar-refractivity contribution < 1.29 is 4.79 Å². The average molecular weight is 327 g/mol. The highest BCUT2D eigenvalue weighted by Gasteiger charge is 2.29. The molecule has 7 heteroatoms. The molecule has 5 nitrogen and oxygen atoms in total. The molecular formula is C14H19ClN4OS. The zero-order chi connectivity index (χ0) is 14.7. The molecule has 0 N–H and O–H groups in total. The van der Waals surface area contributed by atoms with Gasteiger partial charge in [-0.1, -0.05) is 11.6 Å². The fraction of sp³-hybridized carbons (Fsp3) is 0.643. The second kappa shape index (κ2) is 6.83. The van der Waals surface area contributed by atoms with E-state index in [4.69, 9.17) is 11.6 Å². The summed E-state index contributed by atoms with van der Waals surface area (Å²) < 4.78 is 0. The molecule has 114 valence electrons. The second-order valence-corrected chi connectivity index (χ2v) is 7.06. The van der Waals surface area contributed by atoms with E-state index in [1.54, 1.807) is 12.4 Å². The van der Waals surface area contributed by atoms with Gasteiger partial charge in [0.1, 0.15) is 0 Å². The standard InChI is InChI=1S/C14H19ClN4OS/c15-12-9-16-14(17-10-12)19-3-1-11(2-4-19)13(20)18-5-7-21-8-6-18/h9-11H,1-8H2. The minimum atomic E-state index is 0.164. The SMILES string of the molecule is O=C(C1CCN(c2ncc(Cl)cn2)CC1)N1CCSCC1. The summed E-state index contributed by atoms with van der Waals surface area (Å²) >= 11 is 7.74. The molecule has 2 aliphatic heterocycles. The molecule has 1 aromatic rings. The number of piperidine rings is 1. The first kappa shape index (κ1) is 14.9. The van der Waals surface area contributed by atoms with Gasteiger partial charge in [-0.3, -0.25) is 4.79 Å². The third-order valence-electron chi connectivity index (χ3n) is 4.06. The number of carbonyl (C=O) groups excluding carboxylic acids is 1. The maximum absolute atomic E-state index is 12.5. The van der Waals surface area contributed by atoms with Crippen molar-refractivity contribution in [2.45, 2.75) is 12.8 Å². The highest BCUT2D eigenvalue weighted by molar-refractivity contribution is 7.99. The van der Waals surface area contributed by atoms with Crippen molar-refractivity contribution in [3.63, 3.8) is 0 Å². The van der Waals surface area contributed by atoms with Crippen LogP contribution in [0.4, 0.5) is 5.95 Å². The number of amides is 1. The van der Waals surface area contributed by atoms with Crippen molar-refractivity contribution in [1.82, 2.24) is 14.9 Å². The molecule has 3 heterocycles. The van der Waals surface area contributed by atoms with E-state index >= 15 is 0 Å². The summed E-state index contributed by atoms with van der Waals surface area (Å²) in [6.07, 6.45) is 5.00. The lowest BCUT2D eigenvalue weighted by Gasteiger charge is -2.35. The smallest absolute Gasteiger partial charge is 0.225 e. The molecule has 2 saturated heterocycles. The topological polar surface area (TPSA) is 49.3 Å². The number of aromatic nitrogens is 2. The molecule has 0 unspecified atom stereocenters. The molecule has 0 bridgehead atoms. The predicted octanol–water partition coefficient (Wildman–Crippen LogP) is 1.92. The first-order valence-electron chi connectivity index (χ1n) is 7.33. The van der Waals surface area contributed by atoms with Gasteiger partial charge in [-0.25, -0.2) is 9.97 Å². The Kier molecular flexibility index (Phi) is 4.85. The number of nitrogens with zero attached hydrogens (tertiary/aromatic N) is 4. The van der Waals surface area contributed by atoms with Crippen LogP contribution in [-0.4, -0.2) is 58.5 Å². The second-order valence-electron chi connectivity index (χ2n) is 5.40. The number of anilines is 1. The van der Waals surface area contributed by atoms with Crippen molar-refractivity contribution in [2.24, 2.45) is 5.92 Å². The normalized spacial score (nSPS) is 20.6. The third kappa shape index (κ3) is 3.61. The van der Waals surface area contributed by atoms with Crippen molar-refractivity contribution in [3.8, 4) is 0 Å². The van der Waals surface area contributed by atoms with Crippen LogP contribution in [0.2, 0.25) is 5.02 Å². The van der Waals surface area contributed by atoms with E-state index in [0.29, 0.717) is 16.9 Å². The summed E-state index contributed by atoms with van der Waals surface area (Å²) in [7, 11) is 0. The molecule has 0 aromatic carbocycles. The van der Waals surface area contributed by atoms with Gasteiger partial charge in [0.05, 0.1) is 17.4 Å². The number of hydrogen-bond donors (Lipinski definition) is 0. The van der Waals surface area contributed by atoms with Crippen LogP contribution in [-0.2, 0) is 4.79 Å². The lowest BCUT2D eigenvalue weighted by atomic mass is 9.95. The van der Waals surface area contributed by atoms with Crippen LogP contribution in [0.5, 0.6) is 0 Å². The Morgan fingerprint density at radius 1 is 1.14 bits per heavy atom. The first-order chi connectivity index (χ1) is 10.2. The van der Waals surface area contributed by atoms with Gasteiger partial charge < -0.3 is 9.80 Å². The Morgan fingerprint density at radius 2 is 1.76 bits per heavy atom. The summed E-state index contributed by atoms with van der Waals surface area (Å²) in [6.45, 7) is 3.48. The fourth-order valence-electron chi connectivity index (χ4n) is 2.84. The molecule has 1 aromatic heterocycles. The van der Waals surface area contributed by atoms with Crippen LogP contribution in [0.25, 0.3) is 0 Å². The highest BCUT2D eigenvalue weighted by Crippen LogP contribution is 2.24. The lowest BCUT2D eigenvalue weighted by Crippen LogP contribution is -2.45. The van der Waals surface area contributed by atoms with Gasteiger partial charge in [0.15, 0.2) is 0 Å². The molecule has 0 radical (unpaired) electrons. The number of rotatable bonds is 2. The maximum atomic E-state index is 12.5. The molecule has 1 amide bonds. The molecule has 3 rings (SSSR count). The molecule has 0 spiro atoms. The summed E-state index contributed by atoms with van der Waals surface area (Å²) in [5, 5.41) is 0.548. The van der Waals surface area contributed by atoms with Crippen LogP contribution < -0.4 is 4.90 Å². The van der Waals surface area contributed by atoms with Gasteiger partial charge in [-0.2, -0.15) is 11.8 Å². The average Bonchev–Trinajstić information content (AvgIpc) is 2.56. The Hall–Kier alpha value is -1.01. The Balaban J connectivity index is 1.54. The fourth-order valence-corrected chi connectivity index (χ4v) is 3.84. The van der Waals surface area contributed by atoms with E-state index < -0.39 is 0 Å². The Labute approximate surface area is 134 Å². The minimum Gasteiger partial charge on any atom is -0.341 e. The molecular weight excluding hydrogens is 308 g/mol. The summed E-state index contributed by atoms with van der Waals surface area (Å²) in [5.41, 5.74) is 0.